The fourth-order valence-electron chi connectivity index (χ4n) is 2.44. The minimum absolute atomic E-state index is 0.0910. The average molecular weight is 395 g/mol. The fourth-order valence-corrected chi connectivity index (χ4v) is 2.93. The van der Waals surface area contributed by atoms with Gasteiger partial charge in [0.15, 0.2) is 0 Å². The maximum atomic E-state index is 12.3. The van der Waals surface area contributed by atoms with E-state index in [1.165, 1.54) is 4.90 Å². The largest absolute Gasteiger partial charge is 0.496 e. The molecule has 0 aliphatic heterocycles. The van der Waals surface area contributed by atoms with Crippen molar-refractivity contribution >= 4 is 40.7 Å². The minimum Gasteiger partial charge on any atom is -0.496 e. The van der Waals surface area contributed by atoms with Crippen LogP contribution in [0, 0.1) is 0 Å². The van der Waals surface area contributed by atoms with Crippen LogP contribution in [0.15, 0.2) is 42.5 Å². The Hall–Kier alpha value is -2.24. The van der Waals surface area contributed by atoms with Gasteiger partial charge in [0.2, 0.25) is 11.8 Å². The van der Waals surface area contributed by atoms with Crippen LogP contribution in [-0.2, 0) is 16.0 Å². The number of likely N-dealkylation sites (N-methyl/N-ethyl adjacent to an activating group) is 1. The summed E-state index contributed by atoms with van der Waals surface area (Å²) in [6, 6.07) is 12.5. The van der Waals surface area contributed by atoms with Crippen LogP contribution in [0.3, 0.4) is 0 Å². The highest BCUT2D eigenvalue weighted by Crippen LogP contribution is 2.29. The number of ether oxygens (including phenoxy) is 1. The molecule has 0 aliphatic carbocycles. The van der Waals surface area contributed by atoms with Crippen molar-refractivity contribution in [1.29, 1.82) is 0 Å². The Kier molecular flexibility index (Phi) is 7.30. The highest BCUT2D eigenvalue weighted by Gasteiger charge is 2.16. The Morgan fingerprint density at radius 3 is 2.38 bits per heavy atom. The van der Waals surface area contributed by atoms with E-state index in [0.717, 1.165) is 11.3 Å². The van der Waals surface area contributed by atoms with E-state index in [2.05, 4.69) is 5.32 Å². The molecule has 2 amide bonds. The van der Waals surface area contributed by atoms with Gasteiger partial charge in [-0.1, -0.05) is 47.5 Å². The number of aryl methyl sites for hydroxylation is 1. The Bertz CT molecular complexity index is 776. The second-order valence-electron chi connectivity index (χ2n) is 5.71. The first-order chi connectivity index (χ1) is 12.4. The molecule has 0 saturated carbocycles. The molecule has 2 aromatic rings. The van der Waals surface area contributed by atoms with Gasteiger partial charge in [-0.25, -0.2) is 0 Å². The van der Waals surface area contributed by atoms with Crippen molar-refractivity contribution in [1.82, 2.24) is 4.90 Å². The molecule has 1 N–H and O–H groups in total. The Balaban J connectivity index is 1.89. The van der Waals surface area contributed by atoms with Gasteiger partial charge in [0.05, 0.1) is 29.4 Å². The van der Waals surface area contributed by atoms with Crippen molar-refractivity contribution < 1.29 is 14.3 Å². The van der Waals surface area contributed by atoms with Crippen LogP contribution >= 0.6 is 23.2 Å². The highest BCUT2D eigenvalue weighted by atomic mass is 35.5. The van der Waals surface area contributed by atoms with Gasteiger partial charge < -0.3 is 15.0 Å². The van der Waals surface area contributed by atoms with E-state index in [1.54, 1.807) is 32.4 Å². The Labute approximate surface area is 162 Å². The van der Waals surface area contributed by atoms with Crippen LogP contribution in [0.4, 0.5) is 5.69 Å². The topological polar surface area (TPSA) is 58.6 Å². The van der Waals surface area contributed by atoms with E-state index < -0.39 is 0 Å². The number of nitrogens with one attached hydrogen (secondary N) is 1. The zero-order valence-corrected chi connectivity index (χ0v) is 16.1. The van der Waals surface area contributed by atoms with Gasteiger partial charge in [0.25, 0.3) is 0 Å². The maximum absolute atomic E-state index is 12.3. The van der Waals surface area contributed by atoms with E-state index in [0.29, 0.717) is 22.2 Å². The molecule has 0 atom stereocenters. The fraction of sp³-hybridized carbons (Fsp3) is 0.263. The normalized spacial score (nSPS) is 10.3. The third-order valence-electron chi connectivity index (χ3n) is 3.83. The quantitative estimate of drug-likeness (QED) is 0.770. The summed E-state index contributed by atoms with van der Waals surface area (Å²) in [6.07, 6.45) is 0.808. The molecule has 7 heteroatoms. The lowest BCUT2D eigenvalue weighted by molar-refractivity contribution is -0.133. The van der Waals surface area contributed by atoms with Crippen LogP contribution in [-0.4, -0.2) is 37.4 Å². The van der Waals surface area contributed by atoms with Crippen molar-refractivity contribution in [2.45, 2.75) is 12.8 Å². The van der Waals surface area contributed by atoms with Gasteiger partial charge in [0, 0.05) is 13.5 Å². The van der Waals surface area contributed by atoms with Gasteiger partial charge in [0.1, 0.15) is 5.75 Å². The van der Waals surface area contributed by atoms with Crippen LogP contribution in [0.25, 0.3) is 0 Å². The number of hydrogen-bond donors (Lipinski definition) is 1. The molecule has 0 aliphatic rings. The number of amides is 2. The van der Waals surface area contributed by atoms with E-state index in [-0.39, 0.29) is 24.8 Å². The third kappa shape index (κ3) is 5.38. The number of carbonyl (C=O) groups excluding carboxylic acids is 2. The van der Waals surface area contributed by atoms with Crippen LogP contribution in [0.5, 0.6) is 5.75 Å². The first-order valence-electron chi connectivity index (χ1n) is 8.02. The molecule has 0 radical (unpaired) electrons. The molecule has 2 aromatic carbocycles. The van der Waals surface area contributed by atoms with Gasteiger partial charge in [-0.15, -0.1) is 0 Å². The summed E-state index contributed by atoms with van der Waals surface area (Å²) in [4.78, 5) is 25.8. The van der Waals surface area contributed by atoms with Crippen molar-refractivity contribution in [3.05, 3.63) is 58.1 Å². The van der Waals surface area contributed by atoms with Gasteiger partial charge in [-0.2, -0.15) is 0 Å². The number of methoxy groups -OCH3 is 1. The molecule has 26 heavy (non-hydrogen) atoms. The first-order valence-corrected chi connectivity index (χ1v) is 8.77. The van der Waals surface area contributed by atoms with Gasteiger partial charge in [-0.3, -0.25) is 9.59 Å². The van der Waals surface area contributed by atoms with Crippen LogP contribution < -0.4 is 10.1 Å². The summed E-state index contributed by atoms with van der Waals surface area (Å²) in [5.74, 6) is 0.235. The molecular weight excluding hydrogens is 375 g/mol. The van der Waals surface area contributed by atoms with Gasteiger partial charge >= 0.3 is 0 Å². The lowest BCUT2D eigenvalue weighted by Gasteiger charge is -2.18. The molecule has 0 unspecified atom stereocenters. The first kappa shape index (κ1) is 20.1. The van der Waals surface area contributed by atoms with Crippen molar-refractivity contribution in [2.24, 2.45) is 0 Å². The SMILES string of the molecule is COc1ccccc1CCC(=O)N(C)CC(=O)Nc1c(Cl)cccc1Cl. The van der Waals surface area contributed by atoms with Crippen LogP contribution in [0.1, 0.15) is 12.0 Å². The summed E-state index contributed by atoms with van der Waals surface area (Å²) in [5.41, 5.74) is 1.29. The predicted molar refractivity (Wildman–Crippen MR) is 104 cm³/mol. The minimum atomic E-state index is -0.367. The predicted octanol–water partition coefficient (Wildman–Crippen LogP) is 4.03. The average Bonchev–Trinajstić information content (AvgIpc) is 2.63. The number of nitrogens with zero attached hydrogens (tertiary/aromatic N) is 1. The zero-order chi connectivity index (χ0) is 19.1. The second-order valence-corrected chi connectivity index (χ2v) is 6.52. The molecule has 5 nitrogen and oxygen atoms in total. The summed E-state index contributed by atoms with van der Waals surface area (Å²) in [6.45, 7) is -0.0910. The molecule has 0 aromatic heterocycles. The summed E-state index contributed by atoms with van der Waals surface area (Å²) >= 11 is 12.1. The van der Waals surface area contributed by atoms with Crippen molar-refractivity contribution in [3.8, 4) is 5.75 Å². The smallest absolute Gasteiger partial charge is 0.244 e. The number of rotatable bonds is 7. The molecule has 0 spiro atoms. The molecule has 0 fully saturated rings. The molecule has 0 bridgehead atoms. The standard InChI is InChI=1S/C19H20Cl2N2O3/c1-23(12-17(24)22-19-14(20)7-5-8-15(19)21)18(25)11-10-13-6-3-4-9-16(13)26-2/h3-9H,10-12H2,1-2H3,(H,22,24). The number of para-hydroxylation sites is 2. The van der Waals surface area contributed by atoms with Gasteiger partial charge in [-0.05, 0) is 30.2 Å². The van der Waals surface area contributed by atoms with E-state index >= 15 is 0 Å². The summed E-state index contributed by atoms with van der Waals surface area (Å²) in [5, 5.41) is 3.33. The third-order valence-corrected chi connectivity index (χ3v) is 4.46. The van der Waals surface area contributed by atoms with E-state index in [1.807, 2.05) is 24.3 Å². The number of benzene rings is 2. The molecular formula is C19H20Cl2N2O3. The van der Waals surface area contributed by atoms with Crippen molar-refractivity contribution in [2.75, 3.05) is 26.0 Å². The Morgan fingerprint density at radius 2 is 1.73 bits per heavy atom. The second kappa shape index (κ2) is 9.46. The monoisotopic (exact) mass is 394 g/mol. The summed E-state index contributed by atoms with van der Waals surface area (Å²) < 4.78 is 5.28. The maximum Gasteiger partial charge on any atom is 0.244 e. The lowest BCUT2D eigenvalue weighted by atomic mass is 10.1. The number of hydrogen-bond acceptors (Lipinski definition) is 3. The van der Waals surface area contributed by atoms with E-state index in [4.69, 9.17) is 27.9 Å². The summed E-state index contributed by atoms with van der Waals surface area (Å²) in [7, 11) is 3.18. The van der Waals surface area contributed by atoms with E-state index in [9.17, 15) is 9.59 Å². The molecule has 138 valence electrons. The Morgan fingerprint density at radius 1 is 1.08 bits per heavy atom. The molecule has 2 rings (SSSR count). The zero-order valence-electron chi connectivity index (χ0n) is 14.6. The molecule has 0 heterocycles. The number of halogens is 2. The number of anilines is 1. The number of carbonyl (C=O) groups is 2. The highest BCUT2D eigenvalue weighted by molar-refractivity contribution is 6.39. The lowest BCUT2D eigenvalue weighted by Crippen LogP contribution is -2.35. The molecule has 0 saturated heterocycles. The van der Waals surface area contributed by atoms with Crippen LogP contribution in [0.2, 0.25) is 10.0 Å². The van der Waals surface area contributed by atoms with Crippen molar-refractivity contribution in [3.63, 3.8) is 0 Å².